The van der Waals surface area contributed by atoms with Crippen LogP contribution in [0.3, 0.4) is 0 Å². The van der Waals surface area contributed by atoms with Crippen molar-refractivity contribution in [1.82, 2.24) is 0 Å². The summed E-state index contributed by atoms with van der Waals surface area (Å²) < 4.78 is 11.1. The first-order chi connectivity index (χ1) is 6.77. The Hall–Kier alpha value is 0.400. The Morgan fingerprint density at radius 1 is 1.43 bits per heavy atom. The first-order valence-electron chi connectivity index (χ1n) is 5.52. The molecule has 2 rings (SSSR count). The van der Waals surface area contributed by atoms with Crippen LogP contribution in [0.4, 0.5) is 0 Å². The van der Waals surface area contributed by atoms with E-state index >= 15 is 0 Å². The van der Waals surface area contributed by atoms with Gasteiger partial charge in [-0.1, -0.05) is 15.9 Å². The zero-order valence-corrected chi connectivity index (χ0v) is 10.4. The molecule has 0 aromatic rings. The molecule has 2 saturated heterocycles. The van der Waals surface area contributed by atoms with Gasteiger partial charge in [0.2, 0.25) is 0 Å². The third-order valence-corrected chi connectivity index (χ3v) is 4.93. The molecule has 0 bridgehead atoms. The third kappa shape index (κ3) is 2.00. The van der Waals surface area contributed by atoms with E-state index in [0.29, 0.717) is 11.5 Å². The molecule has 82 valence electrons. The van der Waals surface area contributed by atoms with Crippen molar-refractivity contribution in [2.24, 2.45) is 11.3 Å². The van der Waals surface area contributed by atoms with Crippen LogP contribution >= 0.6 is 15.9 Å². The van der Waals surface area contributed by atoms with E-state index < -0.39 is 0 Å². The molecule has 2 nitrogen and oxygen atoms in total. The van der Waals surface area contributed by atoms with Crippen LogP contribution in [-0.4, -0.2) is 31.3 Å². The fourth-order valence-electron chi connectivity index (χ4n) is 2.64. The Balaban J connectivity index is 1.97. The van der Waals surface area contributed by atoms with Crippen LogP contribution in [0.25, 0.3) is 0 Å². The van der Waals surface area contributed by atoms with Gasteiger partial charge in [0.15, 0.2) is 0 Å². The maximum absolute atomic E-state index is 5.70. The van der Waals surface area contributed by atoms with E-state index in [2.05, 4.69) is 22.9 Å². The van der Waals surface area contributed by atoms with E-state index in [4.69, 9.17) is 9.47 Å². The highest BCUT2D eigenvalue weighted by Gasteiger charge is 2.42. The predicted octanol–water partition coefficient (Wildman–Crippen LogP) is 2.60. The van der Waals surface area contributed by atoms with E-state index in [1.165, 1.54) is 19.3 Å². The lowest BCUT2D eigenvalue weighted by molar-refractivity contribution is 0.0604. The Kier molecular flexibility index (Phi) is 3.50. The number of hydrogen-bond donors (Lipinski definition) is 0. The van der Waals surface area contributed by atoms with Crippen molar-refractivity contribution in [3.05, 3.63) is 0 Å². The number of rotatable bonds is 3. The highest BCUT2D eigenvalue weighted by molar-refractivity contribution is 9.09. The Bertz CT molecular complexity index is 192. The Morgan fingerprint density at radius 2 is 2.29 bits per heavy atom. The lowest BCUT2D eigenvalue weighted by Gasteiger charge is -2.32. The molecule has 0 aromatic carbocycles. The topological polar surface area (TPSA) is 18.5 Å². The van der Waals surface area contributed by atoms with Crippen LogP contribution in [0.2, 0.25) is 0 Å². The summed E-state index contributed by atoms with van der Waals surface area (Å²) in [4.78, 5) is 0. The van der Waals surface area contributed by atoms with Crippen LogP contribution < -0.4 is 0 Å². The first-order valence-corrected chi connectivity index (χ1v) is 6.64. The lowest BCUT2D eigenvalue weighted by atomic mass is 9.76. The van der Waals surface area contributed by atoms with Crippen molar-refractivity contribution in [2.45, 2.75) is 32.3 Å². The van der Waals surface area contributed by atoms with E-state index in [1.807, 2.05) is 0 Å². The molecular formula is C11H19BrO2. The number of halogens is 1. The quantitative estimate of drug-likeness (QED) is 0.729. The molecule has 2 aliphatic rings. The minimum absolute atomic E-state index is 0.373. The summed E-state index contributed by atoms with van der Waals surface area (Å²) in [6.45, 7) is 5.06. The second-order valence-electron chi connectivity index (χ2n) is 4.69. The van der Waals surface area contributed by atoms with E-state index in [0.717, 1.165) is 31.1 Å². The first kappa shape index (κ1) is 10.9. The van der Waals surface area contributed by atoms with Gasteiger partial charge < -0.3 is 9.47 Å². The SMILES string of the molecule is CC1OCCC1(CBr)CC1CCOC1. The van der Waals surface area contributed by atoms with Gasteiger partial charge in [-0.15, -0.1) is 0 Å². The monoisotopic (exact) mass is 262 g/mol. The van der Waals surface area contributed by atoms with Gasteiger partial charge in [-0.05, 0) is 32.1 Å². The summed E-state index contributed by atoms with van der Waals surface area (Å²) in [5.74, 6) is 0.761. The molecule has 2 heterocycles. The molecule has 0 N–H and O–H groups in total. The van der Waals surface area contributed by atoms with E-state index in [-0.39, 0.29) is 0 Å². The van der Waals surface area contributed by atoms with E-state index in [9.17, 15) is 0 Å². The van der Waals surface area contributed by atoms with Crippen molar-refractivity contribution in [3.63, 3.8) is 0 Å². The predicted molar refractivity (Wildman–Crippen MR) is 59.8 cm³/mol. The zero-order chi connectivity index (χ0) is 10.0. The molecule has 0 aromatic heterocycles. The molecule has 2 aliphatic heterocycles. The zero-order valence-electron chi connectivity index (χ0n) is 8.80. The van der Waals surface area contributed by atoms with Crippen LogP contribution in [0, 0.1) is 11.3 Å². The maximum Gasteiger partial charge on any atom is 0.0612 e. The summed E-state index contributed by atoms with van der Waals surface area (Å²) >= 11 is 3.66. The van der Waals surface area contributed by atoms with Crippen molar-refractivity contribution < 1.29 is 9.47 Å². The summed E-state index contributed by atoms with van der Waals surface area (Å²) in [5, 5.41) is 1.07. The minimum Gasteiger partial charge on any atom is -0.381 e. The van der Waals surface area contributed by atoms with Gasteiger partial charge in [-0.3, -0.25) is 0 Å². The molecule has 0 aliphatic carbocycles. The molecule has 0 radical (unpaired) electrons. The van der Waals surface area contributed by atoms with Crippen molar-refractivity contribution in [2.75, 3.05) is 25.2 Å². The summed E-state index contributed by atoms with van der Waals surface area (Å²) in [5.41, 5.74) is 0.373. The van der Waals surface area contributed by atoms with Gasteiger partial charge >= 0.3 is 0 Å². The van der Waals surface area contributed by atoms with Gasteiger partial charge in [-0.25, -0.2) is 0 Å². The smallest absolute Gasteiger partial charge is 0.0612 e. The second kappa shape index (κ2) is 4.50. The Morgan fingerprint density at radius 3 is 2.79 bits per heavy atom. The average Bonchev–Trinajstić information content (AvgIpc) is 2.79. The molecule has 2 fully saturated rings. The largest absolute Gasteiger partial charge is 0.381 e. The molecule has 0 amide bonds. The molecule has 3 atom stereocenters. The second-order valence-corrected chi connectivity index (χ2v) is 5.25. The number of alkyl halides is 1. The lowest BCUT2D eigenvalue weighted by Crippen LogP contribution is -2.33. The summed E-state index contributed by atoms with van der Waals surface area (Å²) in [7, 11) is 0. The maximum atomic E-state index is 5.70. The fraction of sp³-hybridized carbons (Fsp3) is 1.00. The standard InChI is InChI=1S/C11H19BrO2/c1-9-11(8-12,3-5-14-9)6-10-2-4-13-7-10/h9-10H,2-8H2,1H3. The van der Waals surface area contributed by atoms with Crippen molar-refractivity contribution in [3.8, 4) is 0 Å². The van der Waals surface area contributed by atoms with Gasteiger partial charge in [0.25, 0.3) is 0 Å². The molecule has 3 heteroatoms. The molecule has 3 unspecified atom stereocenters. The summed E-state index contributed by atoms with van der Waals surface area (Å²) in [6, 6.07) is 0. The molecule has 14 heavy (non-hydrogen) atoms. The normalized spacial score (nSPS) is 43.3. The number of hydrogen-bond acceptors (Lipinski definition) is 2. The van der Waals surface area contributed by atoms with Crippen LogP contribution in [0.1, 0.15) is 26.2 Å². The average molecular weight is 263 g/mol. The van der Waals surface area contributed by atoms with Crippen molar-refractivity contribution in [1.29, 1.82) is 0 Å². The van der Waals surface area contributed by atoms with E-state index in [1.54, 1.807) is 0 Å². The van der Waals surface area contributed by atoms with Crippen LogP contribution in [0.5, 0.6) is 0 Å². The van der Waals surface area contributed by atoms with Gasteiger partial charge in [0.1, 0.15) is 0 Å². The molecule has 0 spiro atoms. The fourth-order valence-corrected chi connectivity index (χ4v) is 3.60. The Labute approximate surface area is 94.5 Å². The summed E-state index contributed by atoms with van der Waals surface area (Å²) in [6.07, 6.45) is 4.11. The molecule has 0 saturated carbocycles. The van der Waals surface area contributed by atoms with Gasteiger partial charge in [0.05, 0.1) is 6.10 Å². The third-order valence-electron chi connectivity index (χ3n) is 3.82. The van der Waals surface area contributed by atoms with Gasteiger partial charge in [0, 0.05) is 30.6 Å². The van der Waals surface area contributed by atoms with Crippen LogP contribution in [0.15, 0.2) is 0 Å². The highest BCUT2D eigenvalue weighted by Crippen LogP contribution is 2.43. The molecular weight excluding hydrogens is 244 g/mol. The van der Waals surface area contributed by atoms with Gasteiger partial charge in [-0.2, -0.15) is 0 Å². The highest BCUT2D eigenvalue weighted by atomic mass is 79.9. The van der Waals surface area contributed by atoms with Crippen molar-refractivity contribution >= 4 is 15.9 Å². The number of ether oxygens (including phenoxy) is 2. The van der Waals surface area contributed by atoms with Crippen LogP contribution in [-0.2, 0) is 9.47 Å². The minimum atomic E-state index is 0.373.